The summed E-state index contributed by atoms with van der Waals surface area (Å²) in [7, 11) is 0. The fourth-order valence-electron chi connectivity index (χ4n) is 0.971. The van der Waals surface area contributed by atoms with Crippen molar-refractivity contribution in [3.8, 4) is 0 Å². The first-order valence-electron chi connectivity index (χ1n) is 4.87. The van der Waals surface area contributed by atoms with Gasteiger partial charge in [0.15, 0.2) is 0 Å². The number of rotatable bonds is 7. The number of alkyl halides is 4. The molecule has 1 amide bonds. The van der Waals surface area contributed by atoms with Crippen LogP contribution in [0.5, 0.6) is 0 Å². The van der Waals surface area contributed by atoms with Gasteiger partial charge in [0.2, 0.25) is 0 Å². The maximum atomic E-state index is 12.4. The lowest BCUT2D eigenvalue weighted by Gasteiger charge is -2.14. The largest absolute Gasteiger partial charge is 0.383 e. The topological polar surface area (TPSA) is 29.1 Å². The van der Waals surface area contributed by atoms with Gasteiger partial charge in [-0.25, -0.2) is 8.78 Å². The summed E-state index contributed by atoms with van der Waals surface area (Å²) in [5.41, 5.74) is 0. The normalized spacial score (nSPS) is 11.9. The first-order valence-corrected chi connectivity index (χ1v) is 4.87. The molecule has 0 saturated heterocycles. The molecule has 90 valence electrons. The molecule has 0 aromatic heterocycles. The number of nitrogens with one attached hydrogen (secondary N) is 1. The second-order valence-electron chi connectivity index (χ2n) is 3.24. The lowest BCUT2D eigenvalue weighted by molar-refractivity contribution is -0.169. The van der Waals surface area contributed by atoms with Gasteiger partial charge in [-0.05, 0) is 6.42 Å². The molecule has 2 nitrogen and oxygen atoms in total. The Morgan fingerprint density at radius 1 is 1.27 bits per heavy atom. The van der Waals surface area contributed by atoms with E-state index in [-0.39, 0.29) is 6.54 Å². The summed E-state index contributed by atoms with van der Waals surface area (Å²) < 4.78 is 48.1. The van der Waals surface area contributed by atoms with Gasteiger partial charge in [0.05, 0.1) is 0 Å². The molecule has 0 atom stereocenters. The van der Waals surface area contributed by atoms with Crippen LogP contribution in [0.1, 0.15) is 32.6 Å². The molecular formula is C9H15F4NO. The molecule has 0 rings (SSSR count). The molecule has 1 N–H and O–H groups in total. The number of carbonyl (C=O) groups is 1. The lowest BCUT2D eigenvalue weighted by Crippen LogP contribution is -2.45. The van der Waals surface area contributed by atoms with Crippen molar-refractivity contribution in [2.75, 3.05) is 6.54 Å². The van der Waals surface area contributed by atoms with Crippen LogP contribution in [0, 0.1) is 0 Å². The summed E-state index contributed by atoms with van der Waals surface area (Å²) in [6.45, 7) is 1.99. The van der Waals surface area contributed by atoms with Crippen LogP contribution in [0.2, 0.25) is 0 Å². The lowest BCUT2D eigenvalue weighted by atomic mass is 10.2. The fourth-order valence-corrected chi connectivity index (χ4v) is 0.971. The van der Waals surface area contributed by atoms with Gasteiger partial charge in [0.25, 0.3) is 5.91 Å². The summed E-state index contributed by atoms with van der Waals surface area (Å²) in [6, 6.07) is 0. The Morgan fingerprint density at radius 2 is 1.87 bits per heavy atom. The Kier molecular flexibility index (Phi) is 6.27. The van der Waals surface area contributed by atoms with Crippen molar-refractivity contribution in [1.82, 2.24) is 5.32 Å². The van der Waals surface area contributed by atoms with E-state index in [1.165, 1.54) is 0 Å². The fraction of sp³-hybridized carbons (Fsp3) is 0.889. The molecule has 0 aromatic carbocycles. The molecule has 0 aliphatic heterocycles. The smallest absolute Gasteiger partial charge is 0.351 e. The summed E-state index contributed by atoms with van der Waals surface area (Å²) in [5, 5.41) is 1.79. The number of carbonyl (C=O) groups excluding carboxylic acids is 1. The van der Waals surface area contributed by atoms with Crippen LogP contribution in [0.3, 0.4) is 0 Å². The highest BCUT2D eigenvalue weighted by atomic mass is 19.3. The summed E-state index contributed by atoms with van der Waals surface area (Å²) in [5.74, 6) is -6.47. The minimum Gasteiger partial charge on any atom is -0.351 e. The van der Waals surface area contributed by atoms with E-state index in [4.69, 9.17) is 0 Å². The average molecular weight is 229 g/mol. The van der Waals surface area contributed by atoms with E-state index in [1.807, 2.05) is 6.92 Å². The molecule has 6 heteroatoms. The minimum absolute atomic E-state index is 0.0150. The molecule has 0 spiro atoms. The molecule has 0 unspecified atom stereocenters. The van der Waals surface area contributed by atoms with Crippen LogP contribution in [0.15, 0.2) is 0 Å². The summed E-state index contributed by atoms with van der Waals surface area (Å²) in [4.78, 5) is 10.6. The number of halogens is 4. The zero-order valence-electron chi connectivity index (χ0n) is 8.53. The van der Waals surface area contributed by atoms with Gasteiger partial charge in [-0.3, -0.25) is 4.79 Å². The van der Waals surface area contributed by atoms with Gasteiger partial charge in [-0.1, -0.05) is 26.2 Å². The van der Waals surface area contributed by atoms with Gasteiger partial charge in [0.1, 0.15) is 0 Å². The number of amides is 1. The van der Waals surface area contributed by atoms with Crippen molar-refractivity contribution in [1.29, 1.82) is 0 Å². The SMILES string of the molecule is CCCCCCNC(=O)C(F)(F)C(F)F. The van der Waals surface area contributed by atoms with Crippen LogP contribution >= 0.6 is 0 Å². The Morgan fingerprint density at radius 3 is 2.33 bits per heavy atom. The van der Waals surface area contributed by atoms with Crippen molar-refractivity contribution in [3.63, 3.8) is 0 Å². The highest BCUT2D eigenvalue weighted by Crippen LogP contribution is 2.22. The predicted molar refractivity (Wildman–Crippen MR) is 48.1 cm³/mol. The van der Waals surface area contributed by atoms with Gasteiger partial charge in [0, 0.05) is 6.54 Å². The molecule has 0 saturated carbocycles. The Labute approximate surface area is 86.0 Å². The average Bonchev–Trinajstić information content (AvgIpc) is 2.16. The molecule has 15 heavy (non-hydrogen) atoms. The van der Waals surface area contributed by atoms with Crippen molar-refractivity contribution in [2.24, 2.45) is 0 Å². The molecule has 0 bridgehead atoms. The zero-order valence-corrected chi connectivity index (χ0v) is 8.53. The van der Waals surface area contributed by atoms with Gasteiger partial charge >= 0.3 is 12.3 Å². The second kappa shape index (κ2) is 6.63. The van der Waals surface area contributed by atoms with E-state index in [9.17, 15) is 22.4 Å². The van der Waals surface area contributed by atoms with Crippen molar-refractivity contribution < 1.29 is 22.4 Å². The molecule has 0 aliphatic carbocycles. The molecule has 0 fully saturated rings. The molecule has 0 radical (unpaired) electrons. The molecule has 0 aromatic rings. The monoisotopic (exact) mass is 229 g/mol. The number of hydrogen-bond donors (Lipinski definition) is 1. The van der Waals surface area contributed by atoms with Crippen LogP contribution in [-0.2, 0) is 4.79 Å². The Balaban J connectivity index is 3.74. The van der Waals surface area contributed by atoms with Gasteiger partial charge in [-0.2, -0.15) is 8.78 Å². The first kappa shape index (κ1) is 14.2. The van der Waals surface area contributed by atoms with E-state index < -0.39 is 18.3 Å². The summed E-state index contributed by atoms with van der Waals surface area (Å²) >= 11 is 0. The second-order valence-corrected chi connectivity index (χ2v) is 3.24. The van der Waals surface area contributed by atoms with E-state index in [2.05, 4.69) is 0 Å². The van der Waals surface area contributed by atoms with Crippen molar-refractivity contribution in [3.05, 3.63) is 0 Å². The highest BCUT2D eigenvalue weighted by Gasteiger charge is 2.48. The minimum atomic E-state index is -4.58. The Bertz CT molecular complexity index is 197. The van der Waals surface area contributed by atoms with Gasteiger partial charge < -0.3 is 5.32 Å². The standard InChI is InChI=1S/C9H15F4NO/c1-2-3-4-5-6-14-8(15)9(12,13)7(10)11/h7H,2-6H2,1H3,(H,14,15). The van der Waals surface area contributed by atoms with E-state index in [0.717, 1.165) is 19.3 Å². The first-order chi connectivity index (χ1) is 6.92. The van der Waals surface area contributed by atoms with Crippen LogP contribution < -0.4 is 5.32 Å². The Hall–Kier alpha value is -0.810. The van der Waals surface area contributed by atoms with E-state index in [1.54, 1.807) is 5.32 Å². The summed E-state index contributed by atoms with van der Waals surface area (Å²) in [6.07, 6.45) is -0.730. The molecule has 0 aliphatic rings. The molecule has 0 heterocycles. The van der Waals surface area contributed by atoms with Crippen LogP contribution in [0.4, 0.5) is 17.6 Å². The highest BCUT2D eigenvalue weighted by molar-refractivity contribution is 5.83. The maximum absolute atomic E-state index is 12.4. The third-order valence-electron chi connectivity index (χ3n) is 1.89. The van der Waals surface area contributed by atoms with Gasteiger partial charge in [-0.15, -0.1) is 0 Å². The van der Waals surface area contributed by atoms with Crippen molar-refractivity contribution >= 4 is 5.91 Å². The third kappa shape index (κ3) is 4.99. The third-order valence-corrected chi connectivity index (χ3v) is 1.89. The predicted octanol–water partition coefficient (Wildman–Crippen LogP) is 2.58. The van der Waals surface area contributed by atoms with Crippen LogP contribution in [-0.4, -0.2) is 24.8 Å². The quantitative estimate of drug-likeness (QED) is 0.527. The van der Waals surface area contributed by atoms with Crippen LogP contribution in [0.25, 0.3) is 0 Å². The number of unbranched alkanes of at least 4 members (excludes halogenated alkanes) is 3. The molecular weight excluding hydrogens is 214 g/mol. The number of hydrogen-bond acceptors (Lipinski definition) is 1. The van der Waals surface area contributed by atoms with Crippen molar-refractivity contribution in [2.45, 2.75) is 45.0 Å². The maximum Gasteiger partial charge on any atom is 0.383 e. The van der Waals surface area contributed by atoms with E-state index in [0.29, 0.717) is 6.42 Å². The van der Waals surface area contributed by atoms with E-state index >= 15 is 0 Å². The zero-order chi connectivity index (χ0) is 11.9.